The van der Waals surface area contributed by atoms with Crippen LogP contribution in [0.15, 0.2) is 0 Å². The molecule has 0 aliphatic carbocycles. The van der Waals surface area contributed by atoms with Crippen molar-refractivity contribution in [3.05, 3.63) is 10.4 Å². The van der Waals surface area contributed by atoms with Gasteiger partial charge in [0.05, 0.1) is 16.9 Å². The second-order valence-electron chi connectivity index (χ2n) is 6.48. The van der Waals surface area contributed by atoms with E-state index in [9.17, 15) is 10.1 Å². The predicted octanol–water partition coefficient (Wildman–Crippen LogP) is 1.69. The van der Waals surface area contributed by atoms with Gasteiger partial charge in [0.15, 0.2) is 0 Å². The molecule has 0 atom stereocenters. The molecule has 2 heterocycles. The number of anilines is 2. The van der Waals surface area contributed by atoms with Gasteiger partial charge < -0.3 is 21.1 Å². The number of carbonyl (C=O) groups excluding carboxylic acids is 1. The van der Waals surface area contributed by atoms with E-state index in [1.54, 1.807) is 0 Å². The van der Waals surface area contributed by atoms with E-state index in [1.807, 2.05) is 27.7 Å². The molecule has 114 valence electrons. The molecular weight excluding hydrogens is 288 g/mol. The first-order chi connectivity index (χ1) is 9.56. The number of nitrogens with zero attached hydrogens (tertiary/aromatic N) is 2. The number of carbonyl (C=O) groups is 1. The first kappa shape index (κ1) is 15.6. The topological polar surface area (TPSA) is 105 Å². The highest BCUT2D eigenvalue weighted by molar-refractivity contribution is 7.19. The summed E-state index contributed by atoms with van der Waals surface area (Å²) < 4.78 is 6.03. The summed E-state index contributed by atoms with van der Waals surface area (Å²) in [6.07, 6.45) is 0. The molecule has 2 rings (SSSR count). The van der Waals surface area contributed by atoms with E-state index in [1.165, 1.54) is 11.3 Å². The molecule has 1 aromatic heterocycles. The van der Waals surface area contributed by atoms with Crippen molar-refractivity contribution in [3.63, 3.8) is 0 Å². The van der Waals surface area contributed by atoms with Crippen LogP contribution in [0.5, 0.6) is 0 Å². The first-order valence-corrected chi connectivity index (χ1v) is 7.45. The van der Waals surface area contributed by atoms with Crippen molar-refractivity contribution < 1.29 is 9.53 Å². The Hall–Kier alpha value is -1.78. The van der Waals surface area contributed by atoms with E-state index >= 15 is 0 Å². The molecule has 0 saturated carbocycles. The zero-order chi connectivity index (χ0) is 16.0. The molecule has 1 aliphatic rings. The average molecular weight is 308 g/mol. The van der Waals surface area contributed by atoms with Crippen LogP contribution in [-0.2, 0) is 4.74 Å². The van der Waals surface area contributed by atoms with E-state index in [-0.39, 0.29) is 21.8 Å². The van der Waals surface area contributed by atoms with Crippen LogP contribution in [0.3, 0.4) is 0 Å². The standard InChI is InChI=1S/C14H20N4O2S/c1-13(2)6-18(7-14(3,4)20-13)12-8(5-15)9(16)10(21-12)11(17)19/h6-7,16H2,1-4H3,(H2,17,19). The molecule has 7 heteroatoms. The Morgan fingerprint density at radius 3 is 2.29 bits per heavy atom. The molecule has 1 aliphatic heterocycles. The van der Waals surface area contributed by atoms with Gasteiger partial charge in [0.25, 0.3) is 5.91 Å². The number of morpholine rings is 1. The zero-order valence-corrected chi connectivity index (χ0v) is 13.5. The Bertz CT molecular complexity index is 612. The lowest BCUT2D eigenvalue weighted by Crippen LogP contribution is -2.57. The molecule has 0 radical (unpaired) electrons. The van der Waals surface area contributed by atoms with E-state index in [0.717, 1.165) is 0 Å². The number of hydrogen-bond donors (Lipinski definition) is 2. The van der Waals surface area contributed by atoms with Gasteiger partial charge in [-0.05, 0) is 27.7 Å². The molecule has 1 fully saturated rings. The molecule has 0 bridgehead atoms. The second-order valence-corrected chi connectivity index (χ2v) is 7.48. The summed E-state index contributed by atoms with van der Waals surface area (Å²) in [4.78, 5) is 13.7. The smallest absolute Gasteiger partial charge is 0.261 e. The fourth-order valence-corrected chi connectivity index (χ4v) is 3.90. The highest BCUT2D eigenvalue weighted by atomic mass is 32.1. The Kier molecular flexibility index (Phi) is 3.64. The molecule has 1 amide bonds. The minimum absolute atomic E-state index is 0.173. The van der Waals surface area contributed by atoms with Crippen LogP contribution in [0.2, 0.25) is 0 Å². The van der Waals surface area contributed by atoms with Crippen molar-refractivity contribution in [3.8, 4) is 6.07 Å². The third-order valence-corrected chi connectivity index (χ3v) is 4.53. The molecule has 1 saturated heterocycles. The molecule has 1 aromatic rings. The number of thiophene rings is 1. The average Bonchev–Trinajstić information content (AvgIpc) is 2.62. The van der Waals surface area contributed by atoms with Gasteiger partial charge in [0.2, 0.25) is 0 Å². The van der Waals surface area contributed by atoms with E-state index in [0.29, 0.717) is 23.7 Å². The molecule has 0 aromatic carbocycles. The lowest BCUT2D eigenvalue weighted by molar-refractivity contribution is -0.132. The van der Waals surface area contributed by atoms with Crippen LogP contribution in [0.4, 0.5) is 10.7 Å². The Labute approximate surface area is 128 Å². The largest absolute Gasteiger partial charge is 0.396 e. The molecular formula is C14H20N4O2S. The highest BCUT2D eigenvalue weighted by Crippen LogP contribution is 2.41. The van der Waals surface area contributed by atoms with Gasteiger partial charge in [-0.3, -0.25) is 4.79 Å². The third-order valence-electron chi connectivity index (χ3n) is 3.25. The van der Waals surface area contributed by atoms with E-state index < -0.39 is 5.91 Å². The third kappa shape index (κ3) is 2.96. The number of amides is 1. The summed E-state index contributed by atoms with van der Waals surface area (Å²) in [6, 6.07) is 2.09. The number of nitriles is 1. The van der Waals surface area contributed by atoms with Crippen molar-refractivity contribution in [1.82, 2.24) is 0 Å². The number of ether oxygens (including phenoxy) is 1. The van der Waals surface area contributed by atoms with Crippen molar-refractivity contribution in [2.45, 2.75) is 38.9 Å². The number of hydrogen-bond acceptors (Lipinski definition) is 6. The fourth-order valence-electron chi connectivity index (χ4n) is 2.88. The minimum atomic E-state index is -0.605. The summed E-state index contributed by atoms with van der Waals surface area (Å²) in [5, 5.41) is 10.0. The van der Waals surface area contributed by atoms with Gasteiger partial charge in [-0.15, -0.1) is 11.3 Å². The van der Waals surface area contributed by atoms with Gasteiger partial charge in [0, 0.05) is 13.1 Å². The van der Waals surface area contributed by atoms with Crippen LogP contribution >= 0.6 is 11.3 Å². The molecule has 0 spiro atoms. The number of nitrogen functional groups attached to an aromatic ring is 1. The zero-order valence-electron chi connectivity index (χ0n) is 12.7. The number of primary amides is 1. The van der Waals surface area contributed by atoms with Crippen molar-refractivity contribution in [2.75, 3.05) is 23.7 Å². The van der Waals surface area contributed by atoms with Crippen molar-refractivity contribution >= 4 is 27.9 Å². The van der Waals surface area contributed by atoms with Gasteiger partial charge >= 0.3 is 0 Å². The fraction of sp³-hybridized carbons (Fsp3) is 0.571. The lowest BCUT2D eigenvalue weighted by atomic mass is 9.99. The predicted molar refractivity (Wildman–Crippen MR) is 83.4 cm³/mol. The van der Waals surface area contributed by atoms with Gasteiger partial charge in [-0.25, -0.2) is 0 Å². The van der Waals surface area contributed by atoms with E-state index in [2.05, 4.69) is 11.0 Å². The molecule has 21 heavy (non-hydrogen) atoms. The Morgan fingerprint density at radius 1 is 1.33 bits per heavy atom. The lowest BCUT2D eigenvalue weighted by Gasteiger charge is -2.47. The summed E-state index contributed by atoms with van der Waals surface area (Å²) in [7, 11) is 0. The first-order valence-electron chi connectivity index (χ1n) is 6.63. The summed E-state index contributed by atoms with van der Waals surface area (Å²) in [6.45, 7) is 9.22. The summed E-state index contributed by atoms with van der Waals surface area (Å²) >= 11 is 1.18. The van der Waals surface area contributed by atoms with Crippen LogP contribution in [0.25, 0.3) is 0 Å². The van der Waals surface area contributed by atoms with Gasteiger partial charge in [0.1, 0.15) is 21.5 Å². The van der Waals surface area contributed by atoms with Crippen LogP contribution in [-0.4, -0.2) is 30.2 Å². The Morgan fingerprint density at radius 2 is 1.86 bits per heavy atom. The maximum Gasteiger partial charge on any atom is 0.261 e. The number of rotatable bonds is 2. The van der Waals surface area contributed by atoms with Crippen LogP contribution < -0.4 is 16.4 Å². The van der Waals surface area contributed by atoms with Gasteiger partial charge in [-0.1, -0.05) is 0 Å². The summed E-state index contributed by atoms with van der Waals surface area (Å²) in [5.41, 5.74) is 11.0. The summed E-state index contributed by atoms with van der Waals surface area (Å²) in [5.74, 6) is -0.605. The maximum atomic E-state index is 11.4. The Balaban J connectivity index is 2.49. The van der Waals surface area contributed by atoms with Gasteiger partial charge in [-0.2, -0.15) is 5.26 Å². The highest BCUT2D eigenvalue weighted by Gasteiger charge is 2.40. The maximum absolute atomic E-state index is 11.4. The van der Waals surface area contributed by atoms with E-state index in [4.69, 9.17) is 16.2 Å². The monoisotopic (exact) mass is 308 g/mol. The molecule has 4 N–H and O–H groups in total. The number of nitrogens with two attached hydrogens (primary N) is 2. The SMILES string of the molecule is CC1(C)CN(c2sc(C(N)=O)c(N)c2C#N)CC(C)(C)O1. The van der Waals surface area contributed by atoms with Crippen molar-refractivity contribution in [1.29, 1.82) is 5.26 Å². The van der Waals surface area contributed by atoms with Crippen molar-refractivity contribution in [2.24, 2.45) is 5.73 Å². The van der Waals surface area contributed by atoms with Crippen LogP contribution in [0, 0.1) is 11.3 Å². The van der Waals surface area contributed by atoms with Crippen LogP contribution in [0.1, 0.15) is 42.9 Å². The normalized spacial score (nSPS) is 20.0. The molecule has 6 nitrogen and oxygen atoms in total. The molecule has 0 unspecified atom stereocenters. The quantitative estimate of drug-likeness (QED) is 0.865. The second kappa shape index (κ2) is 4.90. The minimum Gasteiger partial charge on any atom is -0.396 e.